The first-order valence-corrected chi connectivity index (χ1v) is 6.41. The molecule has 0 fully saturated rings. The van der Waals surface area contributed by atoms with Gasteiger partial charge in [-0.3, -0.25) is 0 Å². The summed E-state index contributed by atoms with van der Waals surface area (Å²) in [6, 6.07) is 3.80. The van der Waals surface area contributed by atoms with Crippen LogP contribution >= 0.6 is 27.7 Å². The monoisotopic (exact) mass is 301 g/mol. The number of methoxy groups -OCH3 is 1. The zero-order chi connectivity index (χ0) is 12.0. The van der Waals surface area contributed by atoms with E-state index in [1.54, 1.807) is 24.9 Å². The second kappa shape index (κ2) is 6.70. The van der Waals surface area contributed by atoms with Crippen LogP contribution in [0.15, 0.2) is 39.5 Å². The molecule has 0 amide bonds. The van der Waals surface area contributed by atoms with E-state index >= 15 is 0 Å². The third-order valence-electron chi connectivity index (χ3n) is 1.84. The lowest BCUT2D eigenvalue weighted by molar-refractivity contribution is -0.136. The van der Waals surface area contributed by atoms with Crippen molar-refractivity contribution in [3.05, 3.63) is 34.5 Å². The largest absolute Gasteiger partial charge is 0.466 e. The first-order chi connectivity index (χ1) is 7.65. The topological polar surface area (TPSA) is 39.2 Å². The van der Waals surface area contributed by atoms with Gasteiger partial charge in [-0.25, -0.2) is 9.78 Å². The number of pyridine rings is 1. The van der Waals surface area contributed by atoms with E-state index in [1.165, 1.54) is 7.11 Å². The van der Waals surface area contributed by atoms with E-state index in [0.717, 1.165) is 9.50 Å². The molecule has 1 heterocycles. The summed E-state index contributed by atoms with van der Waals surface area (Å²) in [5, 5.41) is 0.913. The molecule has 0 N–H and O–H groups in total. The second-order valence-corrected chi connectivity index (χ2v) is 4.84. The van der Waals surface area contributed by atoms with Crippen LogP contribution in [0.4, 0.5) is 0 Å². The Morgan fingerprint density at radius 3 is 3.06 bits per heavy atom. The van der Waals surface area contributed by atoms with E-state index in [1.807, 2.05) is 18.2 Å². The number of nitrogens with zero attached hydrogens (tertiary/aromatic N) is 1. The maximum Gasteiger partial charge on any atom is 0.333 e. The molecule has 1 aromatic heterocycles. The Morgan fingerprint density at radius 2 is 2.44 bits per heavy atom. The maximum atomic E-state index is 11.1. The molecule has 0 atom stereocenters. The molecule has 0 bridgehead atoms. The smallest absolute Gasteiger partial charge is 0.333 e. The lowest BCUT2D eigenvalue weighted by atomic mass is 10.3. The van der Waals surface area contributed by atoms with Crippen molar-refractivity contribution in [2.75, 3.05) is 12.9 Å². The number of carbonyl (C=O) groups is 1. The average Bonchev–Trinajstić information content (AvgIpc) is 2.30. The standard InChI is InChI=1S/C11H12BrNO2S/c1-8(11(14)15-2)5-7-16-10-9(12)4-3-6-13-10/h3-6H,7H2,1-2H3. The van der Waals surface area contributed by atoms with Gasteiger partial charge in [-0.2, -0.15) is 0 Å². The molecule has 3 nitrogen and oxygen atoms in total. The van der Waals surface area contributed by atoms with Crippen molar-refractivity contribution >= 4 is 33.7 Å². The van der Waals surface area contributed by atoms with Crippen LogP contribution in [0.3, 0.4) is 0 Å². The van der Waals surface area contributed by atoms with Crippen molar-refractivity contribution in [3.63, 3.8) is 0 Å². The van der Waals surface area contributed by atoms with Crippen LogP contribution < -0.4 is 0 Å². The maximum absolute atomic E-state index is 11.1. The molecule has 0 unspecified atom stereocenters. The van der Waals surface area contributed by atoms with Gasteiger partial charge >= 0.3 is 5.97 Å². The summed E-state index contributed by atoms with van der Waals surface area (Å²) in [6.45, 7) is 1.74. The van der Waals surface area contributed by atoms with E-state index in [9.17, 15) is 4.79 Å². The average molecular weight is 302 g/mol. The Morgan fingerprint density at radius 1 is 1.69 bits per heavy atom. The van der Waals surface area contributed by atoms with Gasteiger partial charge in [0.15, 0.2) is 0 Å². The number of ether oxygens (including phenoxy) is 1. The minimum atomic E-state index is -0.291. The van der Waals surface area contributed by atoms with Crippen LogP contribution in [0, 0.1) is 0 Å². The number of rotatable bonds is 4. The van der Waals surface area contributed by atoms with Crippen molar-refractivity contribution in [2.24, 2.45) is 0 Å². The number of halogens is 1. The summed E-state index contributed by atoms with van der Waals surface area (Å²) in [7, 11) is 1.38. The molecule has 1 aromatic rings. The fourth-order valence-corrected chi connectivity index (χ4v) is 2.40. The second-order valence-electron chi connectivity index (χ2n) is 2.98. The molecule has 5 heteroatoms. The Labute approximate surface area is 107 Å². The number of thioether (sulfide) groups is 1. The highest BCUT2D eigenvalue weighted by Gasteiger charge is 2.03. The molecule has 0 aromatic carbocycles. The zero-order valence-corrected chi connectivity index (χ0v) is 11.5. The Kier molecular flexibility index (Phi) is 5.55. The Bertz CT molecular complexity index is 407. The summed E-state index contributed by atoms with van der Waals surface area (Å²) >= 11 is 4.97. The third-order valence-corrected chi connectivity index (χ3v) is 3.68. The third kappa shape index (κ3) is 3.98. The fourth-order valence-electron chi connectivity index (χ4n) is 0.967. The van der Waals surface area contributed by atoms with Gasteiger partial charge in [0.05, 0.1) is 7.11 Å². The van der Waals surface area contributed by atoms with Gasteiger partial charge in [0.1, 0.15) is 5.03 Å². The van der Waals surface area contributed by atoms with Crippen LogP contribution in [0.5, 0.6) is 0 Å². The van der Waals surface area contributed by atoms with E-state index in [4.69, 9.17) is 0 Å². The van der Waals surface area contributed by atoms with Crippen LogP contribution in [-0.4, -0.2) is 23.8 Å². The molecule has 0 aliphatic carbocycles. The van der Waals surface area contributed by atoms with Gasteiger partial charge in [-0.05, 0) is 35.0 Å². The normalized spacial score (nSPS) is 11.3. The minimum Gasteiger partial charge on any atom is -0.466 e. The van der Waals surface area contributed by atoms with E-state index in [0.29, 0.717) is 11.3 Å². The lowest BCUT2D eigenvalue weighted by Crippen LogP contribution is -2.01. The van der Waals surface area contributed by atoms with Gasteiger partial charge in [0, 0.05) is 22.0 Å². The van der Waals surface area contributed by atoms with Crippen molar-refractivity contribution in [1.29, 1.82) is 0 Å². The summed E-state index contributed by atoms with van der Waals surface area (Å²) < 4.78 is 5.56. The van der Waals surface area contributed by atoms with Gasteiger partial charge in [-0.1, -0.05) is 6.08 Å². The molecular weight excluding hydrogens is 290 g/mol. The molecule has 86 valence electrons. The predicted molar refractivity (Wildman–Crippen MR) is 68.4 cm³/mol. The highest BCUT2D eigenvalue weighted by Crippen LogP contribution is 2.24. The summed E-state index contributed by atoms with van der Waals surface area (Å²) in [5.74, 6) is 0.400. The van der Waals surface area contributed by atoms with E-state index in [2.05, 4.69) is 25.7 Å². The first kappa shape index (κ1) is 13.3. The summed E-state index contributed by atoms with van der Waals surface area (Å²) in [6.07, 6.45) is 3.57. The minimum absolute atomic E-state index is 0.291. The molecule has 0 aliphatic heterocycles. The predicted octanol–water partition coefficient (Wildman–Crippen LogP) is 3.06. The van der Waals surface area contributed by atoms with Crippen LogP contribution in [-0.2, 0) is 9.53 Å². The molecular formula is C11H12BrNO2S. The van der Waals surface area contributed by atoms with Gasteiger partial charge in [-0.15, -0.1) is 11.8 Å². The number of hydrogen-bond acceptors (Lipinski definition) is 4. The molecule has 1 rings (SSSR count). The van der Waals surface area contributed by atoms with Gasteiger partial charge in [0.2, 0.25) is 0 Å². The quantitative estimate of drug-likeness (QED) is 0.487. The number of esters is 1. The number of carbonyl (C=O) groups excluding carboxylic acids is 1. The first-order valence-electron chi connectivity index (χ1n) is 4.63. The molecule has 0 spiro atoms. The van der Waals surface area contributed by atoms with E-state index in [-0.39, 0.29) is 5.97 Å². The fraction of sp³-hybridized carbons (Fsp3) is 0.273. The molecule has 0 saturated carbocycles. The highest BCUT2D eigenvalue weighted by atomic mass is 79.9. The summed E-state index contributed by atoms with van der Waals surface area (Å²) in [4.78, 5) is 15.3. The molecule has 16 heavy (non-hydrogen) atoms. The van der Waals surface area contributed by atoms with Gasteiger partial charge in [0.25, 0.3) is 0 Å². The van der Waals surface area contributed by atoms with E-state index < -0.39 is 0 Å². The lowest BCUT2D eigenvalue weighted by Gasteiger charge is -2.01. The van der Waals surface area contributed by atoms with Crippen molar-refractivity contribution < 1.29 is 9.53 Å². The van der Waals surface area contributed by atoms with Crippen molar-refractivity contribution in [3.8, 4) is 0 Å². The number of aromatic nitrogens is 1. The zero-order valence-electron chi connectivity index (χ0n) is 9.07. The Hall–Kier alpha value is -0.810. The SMILES string of the molecule is COC(=O)C(C)=CCSc1ncccc1Br. The van der Waals surface area contributed by atoms with Crippen LogP contribution in [0.2, 0.25) is 0 Å². The Balaban J connectivity index is 2.53. The molecule has 0 radical (unpaired) electrons. The number of hydrogen-bond donors (Lipinski definition) is 0. The highest BCUT2D eigenvalue weighted by molar-refractivity contribution is 9.10. The van der Waals surface area contributed by atoms with Gasteiger partial charge < -0.3 is 4.74 Å². The molecule has 0 saturated heterocycles. The molecule has 0 aliphatic rings. The van der Waals surface area contributed by atoms with Crippen molar-refractivity contribution in [1.82, 2.24) is 4.98 Å². The summed E-state index contributed by atoms with van der Waals surface area (Å²) in [5.41, 5.74) is 0.613. The van der Waals surface area contributed by atoms with Crippen molar-refractivity contribution in [2.45, 2.75) is 11.9 Å². The van der Waals surface area contributed by atoms with Crippen LogP contribution in [0.1, 0.15) is 6.92 Å². The van der Waals surface area contributed by atoms with Crippen LogP contribution in [0.25, 0.3) is 0 Å².